The van der Waals surface area contributed by atoms with Crippen molar-refractivity contribution in [1.82, 2.24) is 4.31 Å². The van der Waals surface area contributed by atoms with Crippen LogP contribution < -0.4 is 0 Å². The van der Waals surface area contributed by atoms with E-state index in [2.05, 4.69) is 0 Å². The Morgan fingerprint density at radius 3 is 1.91 bits per heavy atom. The fraction of sp³-hybridized carbons (Fsp3) is 0.684. The van der Waals surface area contributed by atoms with E-state index < -0.39 is 10.0 Å². The molecule has 0 atom stereocenters. The summed E-state index contributed by atoms with van der Waals surface area (Å²) in [5, 5.41) is 0. The first-order chi connectivity index (χ1) is 11.1. The Labute approximate surface area is 141 Å². The summed E-state index contributed by atoms with van der Waals surface area (Å²) in [6.45, 7) is 0. The van der Waals surface area contributed by atoms with Crippen molar-refractivity contribution in [3.05, 3.63) is 29.8 Å². The zero-order chi connectivity index (χ0) is 16.3. The molecule has 0 amide bonds. The summed E-state index contributed by atoms with van der Waals surface area (Å²) in [6, 6.07) is 7.89. The number of sulfonamides is 1. The third-order valence-electron chi connectivity index (χ3n) is 5.72. The largest absolute Gasteiger partial charge is 0.243 e. The predicted molar refractivity (Wildman–Crippen MR) is 94.1 cm³/mol. The molecule has 0 aromatic heterocycles. The Morgan fingerprint density at radius 2 is 1.35 bits per heavy atom. The van der Waals surface area contributed by atoms with Crippen LogP contribution in [0.25, 0.3) is 0 Å². The summed E-state index contributed by atoms with van der Waals surface area (Å²) in [7, 11) is -1.60. The lowest BCUT2D eigenvalue weighted by molar-refractivity contribution is 0.286. The number of rotatable bonds is 4. The van der Waals surface area contributed by atoms with Crippen LogP contribution in [-0.4, -0.2) is 25.8 Å². The summed E-state index contributed by atoms with van der Waals surface area (Å²) in [5.74, 6) is 0.622. The van der Waals surface area contributed by atoms with Crippen LogP contribution in [0, 0.1) is 0 Å². The third-order valence-corrected chi connectivity index (χ3v) is 7.65. The first kappa shape index (κ1) is 17.0. The van der Waals surface area contributed by atoms with Crippen molar-refractivity contribution in [1.29, 1.82) is 0 Å². The Balaban J connectivity index is 1.74. The van der Waals surface area contributed by atoms with Crippen molar-refractivity contribution < 1.29 is 8.42 Å². The monoisotopic (exact) mass is 335 g/mol. The maximum atomic E-state index is 12.8. The zero-order valence-electron chi connectivity index (χ0n) is 14.2. The van der Waals surface area contributed by atoms with Gasteiger partial charge >= 0.3 is 0 Å². The molecule has 0 radical (unpaired) electrons. The van der Waals surface area contributed by atoms with Crippen LogP contribution in [0.1, 0.15) is 75.7 Å². The Bertz CT molecular complexity index is 597. The lowest BCUT2D eigenvalue weighted by Crippen LogP contribution is -2.38. The van der Waals surface area contributed by atoms with Gasteiger partial charge in [0.2, 0.25) is 10.0 Å². The maximum absolute atomic E-state index is 12.8. The van der Waals surface area contributed by atoms with Crippen LogP contribution in [0.4, 0.5) is 0 Å². The van der Waals surface area contributed by atoms with Crippen LogP contribution >= 0.6 is 0 Å². The average molecular weight is 336 g/mol. The molecule has 4 heteroatoms. The second-order valence-corrected chi connectivity index (χ2v) is 9.21. The van der Waals surface area contributed by atoms with E-state index in [9.17, 15) is 8.42 Å². The Hall–Kier alpha value is -0.870. The number of benzene rings is 1. The van der Waals surface area contributed by atoms with Gasteiger partial charge in [-0.2, -0.15) is 4.31 Å². The molecule has 3 nitrogen and oxygen atoms in total. The summed E-state index contributed by atoms with van der Waals surface area (Å²) < 4.78 is 27.3. The third kappa shape index (κ3) is 3.80. The van der Waals surface area contributed by atoms with Crippen LogP contribution in [-0.2, 0) is 10.0 Å². The van der Waals surface area contributed by atoms with Crippen molar-refractivity contribution in [2.24, 2.45) is 0 Å². The molecule has 1 aromatic rings. The van der Waals surface area contributed by atoms with E-state index in [0.29, 0.717) is 10.8 Å². The van der Waals surface area contributed by atoms with Crippen LogP contribution in [0.3, 0.4) is 0 Å². The quantitative estimate of drug-likeness (QED) is 0.800. The highest BCUT2D eigenvalue weighted by Crippen LogP contribution is 2.33. The van der Waals surface area contributed by atoms with Gasteiger partial charge in [-0.05, 0) is 49.3 Å². The van der Waals surface area contributed by atoms with E-state index in [1.807, 2.05) is 24.3 Å². The molecule has 0 saturated heterocycles. The summed E-state index contributed by atoms with van der Waals surface area (Å²) in [4.78, 5) is 0.449. The molecule has 0 heterocycles. The molecule has 128 valence electrons. The van der Waals surface area contributed by atoms with Gasteiger partial charge < -0.3 is 0 Å². The van der Waals surface area contributed by atoms with Gasteiger partial charge in [0.05, 0.1) is 4.90 Å². The van der Waals surface area contributed by atoms with Crippen molar-refractivity contribution >= 4 is 10.0 Å². The summed E-state index contributed by atoms with van der Waals surface area (Å²) >= 11 is 0. The summed E-state index contributed by atoms with van der Waals surface area (Å²) in [6.07, 6.45) is 11.9. The van der Waals surface area contributed by atoms with Crippen LogP contribution in [0.2, 0.25) is 0 Å². The highest BCUT2D eigenvalue weighted by Gasteiger charge is 2.29. The Morgan fingerprint density at radius 1 is 0.826 bits per heavy atom. The fourth-order valence-corrected chi connectivity index (χ4v) is 5.57. The molecule has 0 aliphatic heterocycles. The molecule has 2 aliphatic carbocycles. The fourth-order valence-electron chi connectivity index (χ4n) is 4.16. The van der Waals surface area contributed by atoms with Gasteiger partial charge in [0.25, 0.3) is 0 Å². The van der Waals surface area contributed by atoms with Crippen molar-refractivity contribution in [2.45, 2.75) is 81.1 Å². The highest BCUT2D eigenvalue weighted by molar-refractivity contribution is 7.89. The van der Waals surface area contributed by atoms with Crippen molar-refractivity contribution in [3.63, 3.8) is 0 Å². The van der Waals surface area contributed by atoms with E-state index in [1.54, 1.807) is 11.4 Å². The molecular weight excluding hydrogens is 306 g/mol. The molecule has 0 N–H and O–H groups in total. The number of nitrogens with zero attached hydrogens (tertiary/aromatic N) is 1. The van der Waals surface area contributed by atoms with Gasteiger partial charge in [0.1, 0.15) is 0 Å². The van der Waals surface area contributed by atoms with Crippen molar-refractivity contribution in [3.8, 4) is 0 Å². The molecule has 0 unspecified atom stereocenters. The molecule has 23 heavy (non-hydrogen) atoms. The van der Waals surface area contributed by atoms with E-state index in [1.165, 1.54) is 44.1 Å². The smallest absolute Gasteiger partial charge is 0.207 e. The molecule has 2 aliphatic rings. The second kappa shape index (κ2) is 7.35. The van der Waals surface area contributed by atoms with Crippen LogP contribution in [0.15, 0.2) is 29.2 Å². The van der Waals surface area contributed by atoms with Gasteiger partial charge in [-0.25, -0.2) is 8.42 Å². The van der Waals surface area contributed by atoms with E-state index in [-0.39, 0.29) is 6.04 Å². The minimum Gasteiger partial charge on any atom is -0.207 e. The lowest BCUT2D eigenvalue weighted by atomic mass is 9.84. The van der Waals surface area contributed by atoms with Gasteiger partial charge in [0.15, 0.2) is 0 Å². The first-order valence-electron chi connectivity index (χ1n) is 9.17. The van der Waals surface area contributed by atoms with Gasteiger partial charge in [-0.1, -0.05) is 50.7 Å². The van der Waals surface area contributed by atoms with Crippen LogP contribution in [0.5, 0.6) is 0 Å². The van der Waals surface area contributed by atoms with Gasteiger partial charge in [0, 0.05) is 13.1 Å². The minimum atomic E-state index is -3.35. The zero-order valence-corrected chi connectivity index (χ0v) is 15.0. The molecule has 3 rings (SSSR count). The molecule has 2 saturated carbocycles. The second-order valence-electron chi connectivity index (χ2n) is 7.22. The van der Waals surface area contributed by atoms with Gasteiger partial charge in [-0.3, -0.25) is 0 Å². The molecule has 0 spiro atoms. The minimum absolute atomic E-state index is 0.173. The summed E-state index contributed by atoms with van der Waals surface area (Å²) in [5.41, 5.74) is 1.31. The SMILES string of the molecule is CN(C1CCCCC1)S(=O)(=O)c1ccc(C2CCCCC2)cc1. The highest BCUT2D eigenvalue weighted by atomic mass is 32.2. The molecular formula is C19H29NO2S. The topological polar surface area (TPSA) is 37.4 Å². The molecule has 2 fully saturated rings. The maximum Gasteiger partial charge on any atom is 0.243 e. The van der Waals surface area contributed by atoms with Crippen molar-refractivity contribution in [2.75, 3.05) is 7.05 Å². The Kier molecular flexibility index (Phi) is 5.42. The van der Waals surface area contributed by atoms with E-state index in [4.69, 9.17) is 0 Å². The molecule has 1 aromatic carbocycles. The normalized spacial score (nSPS) is 21.7. The lowest BCUT2D eigenvalue weighted by Gasteiger charge is -2.30. The first-order valence-corrected chi connectivity index (χ1v) is 10.6. The van der Waals surface area contributed by atoms with Gasteiger partial charge in [-0.15, -0.1) is 0 Å². The number of hydrogen-bond donors (Lipinski definition) is 0. The standard InChI is InChI=1S/C19H29NO2S/c1-20(18-10-6-3-7-11-18)23(21,22)19-14-12-17(13-15-19)16-8-4-2-5-9-16/h12-16,18H,2-11H2,1H3. The number of hydrogen-bond acceptors (Lipinski definition) is 2. The average Bonchev–Trinajstić information content (AvgIpc) is 2.62. The predicted octanol–water partition coefficient (Wildman–Crippen LogP) is 4.69. The van der Waals surface area contributed by atoms with E-state index >= 15 is 0 Å². The molecule has 0 bridgehead atoms. The van der Waals surface area contributed by atoms with E-state index in [0.717, 1.165) is 25.7 Å².